The summed E-state index contributed by atoms with van der Waals surface area (Å²) in [5.41, 5.74) is 5.88. The van der Waals surface area contributed by atoms with E-state index < -0.39 is 0 Å². The third-order valence-electron chi connectivity index (χ3n) is 5.53. The minimum absolute atomic E-state index is 0.209. The van der Waals surface area contributed by atoms with Crippen LogP contribution in [0.25, 0.3) is 11.1 Å². The van der Waals surface area contributed by atoms with Gasteiger partial charge in [0.1, 0.15) is 0 Å². The number of rotatable bonds is 5. The Bertz CT molecular complexity index is 1320. The van der Waals surface area contributed by atoms with Crippen molar-refractivity contribution in [2.24, 2.45) is 9.98 Å². The number of aliphatic imine (C=N–C) groups is 2. The minimum Gasteiger partial charge on any atom is -0.504 e. The Balaban J connectivity index is 1.83. The highest BCUT2D eigenvalue weighted by atomic mass is 16.3. The molecule has 0 aliphatic rings. The summed E-state index contributed by atoms with van der Waals surface area (Å²) in [4.78, 5) is 9.24. The van der Waals surface area contributed by atoms with Crippen molar-refractivity contribution in [1.29, 1.82) is 0 Å². The van der Waals surface area contributed by atoms with Crippen LogP contribution in [0.1, 0.15) is 22.3 Å². The number of para-hydroxylation sites is 2. The molecular weight excluding hydrogens is 428 g/mol. The van der Waals surface area contributed by atoms with Crippen molar-refractivity contribution in [1.82, 2.24) is 0 Å². The van der Waals surface area contributed by atoms with Crippen LogP contribution in [-0.4, -0.2) is 32.9 Å². The molecule has 0 saturated carbocycles. The Morgan fingerprint density at radius 3 is 1.32 bits per heavy atom. The summed E-state index contributed by atoms with van der Waals surface area (Å²) in [5, 5.41) is 39.8. The summed E-state index contributed by atoms with van der Waals surface area (Å²) in [6, 6.07) is 21.0. The van der Waals surface area contributed by atoms with Crippen LogP contribution in [0, 0.1) is 13.8 Å². The van der Waals surface area contributed by atoms with Crippen molar-refractivity contribution < 1.29 is 20.4 Å². The van der Waals surface area contributed by atoms with Gasteiger partial charge in [0.05, 0.1) is 11.4 Å². The minimum atomic E-state index is -0.229. The van der Waals surface area contributed by atoms with Gasteiger partial charge in [0.25, 0.3) is 0 Å². The molecular formula is C28H24N2O4. The van der Waals surface area contributed by atoms with E-state index in [1.807, 2.05) is 50.2 Å². The van der Waals surface area contributed by atoms with E-state index in [9.17, 15) is 20.4 Å². The van der Waals surface area contributed by atoms with Gasteiger partial charge >= 0.3 is 0 Å². The van der Waals surface area contributed by atoms with Crippen LogP contribution in [0.4, 0.5) is 11.4 Å². The van der Waals surface area contributed by atoms with Gasteiger partial charge in [-0.25, -0.2) is 0 Å². The highest BCUT2D eigenvalue weighted by Crippen LogP contribution is 2.41. The van der Waals surface area contributed by atoms with E-state index in [1.54, 1.807) is 24.3 Å². The first-order valence-electron chi connectivity index (χ1n) is 10.7. The molecule has 0 radical (unpaired) electrons. The maximum atomic E-state index is 10.1. The average molecular weight is 453 g/mol. The lowest BCUT2D eigenvalue weighted by molar-refractivity contribution is 0.403. The zero-order valence-electron chi connectivity index (χ0n) is 18.8. The number of benzene rings is 4. The van der Waals surface area contributed by atoms with E-state index in [4.69, 9.17) is 0 Å². The Morgan fingerprint density at radius 1 is 0.529 bits per heavy atom. The second-order valence-corrected chi connectivity index (χ2v) is 7.88. The van der Waals surface area contributed by atoms with Gasteiger partial charge in [-0.3, -0.25) is 9.98 Å². The molecule has 34 heavy (non-hydrogen) atoms. The zero-order chi connectivity index (χ0) is 24.2. The number of phenols is 4. The molecule has 170 valence electrons. The fourth-order valence-corrected chi connectivity index (χ4v) is 3.75. The third-order valence-corrected chi connectivity index (χ3v) is 5.53. The largest absolute Gasteiger partial charge is 0.504 e. The first-order valence-corrected chi connectivity index (χ1v) is 10.7. The maximum Gasteiger partial charge on any atom is 0.166 e. The van der Waals surface area contributed by atoms with E-state index in [0.29, 0.717) is 22.5 Å². The summed E-state index contributed by atoms with van der Waals surface area (Å²) in [6.07, 6.45) is 3.03. The number of hydrogen-bond donors (Lipinski definition) is 4. The molecule has 0 atom stereocenters. The lowest BCUT2D eigenvalue weighted by Gasteiger charge is -2.15. The number of aryl methyl sites for hydroxylation is 2. The molecule has 6 heteroatoms. The van der Waals surface area contributed by atoms with Crippen LogP contribution in [0.2, 0.25) is 0 Å². The van der Waals surface area contributed by atoms with Crippen LogP contribution >= 0.6 is 0 Å². The summed E-state index contributed by atoms with van der Waals surface area (Å²) in [6.45, 7) is 3.97. The van der Waals surface area contributed by atoms with Crippen molar-refractivity contribution in [2.45, 2.75) is 13.8 Å². The van der Waals surface area contributed by atoms with Crippen molar-refractivity contribution in [3.8, 4) is 34.1 Å². The number of nitrogens with zero attached hydrogens (tertiary/aromatic N) is 2. The van der Waals surface area contributed by atoms with Gasteiger partial charge in [-0.05, 0) is 61.4 Å². The molecule has 0 fully saturated rings. The molecule has 0 unspecified atom stereocenters. The average Bonchev–Trinajstić information content (AvgIpc) is 2.82. The van der Waals surface area contributed by atoms with Crippen molar-refractivity contribution in [3.05, 3.63) is 95.1 Å². The Labute approximate surface area is 197 Å². The molecule has 0 amide bonds. The first kappa shape index (κ1) is 22.6. The van der Waals surface area contributed by atoms with Crippen LogP contribution in [-0.2, 0) is 0 Å². The zero-order valence-corrected chi connectivity index (χ0v) is 18.8. The molecule has 4 N–H and O–H groups in total. The van der Waals surface area contributed by atoms with Crippen LogP contribution in [0.15, 0.2) is 82.8 Å². The molecule has 0 spiro atoms. The molecule has 0 bridgehead atoms. The van der Waals surface area contributed by atoms with Crippen LogP contribution in [0.3, 0.4) is 0 Å². The smallest absolute Gasteiger partial charge is 0.166 e. The quantitative estimate of drug-likeness (QED) is 0.211. The fraction of sp³-hybridized carbons (Fsp3) is 0.0714. The molecule has 4 aromatic carbocycles. The van der Waals surface area contributed by atoms with E-state index in [2.05, 4.69) is 9.98 Å². The first-order chi connectivity index (χ1) is 16.4. The van der Waals surface area contributed by atoms with E-state index in [0.717, 1.165) is 22.3 Å². The molecule has 0 heterocycles. The Morgan fingerprint density at radius 2 is 0.912 bits per heavy atom. The SMILES string of the molecule is Cc1cccc(N=Cc2cccc(O)c2O)c1-c1c(C)cccc1N=Cc1cccc(O)c1O. The van der Waals surface area contributed by atoms with Gasteiger partial charge in [0, 0.05) is 34.7 Å². The van der Waals surface area contributed by atoms with Crippen molar-refractivity contribution >= 4 is 23.8 Å². The summed E-state index contributed by atoms with van der Waals surface area (Å²) < 4.78 is 0. The third kappa shape index (κ3) is 4.47. The molecule has 0 aromatic heterocycles. The van der Waals surface area contributed by atoms with Crippen molar-refractivity contribution in [3.63, 3.8) is 0 Å². The molecule has 4 aromatic rings. The van der Waals surface area contributed by atoms with E-state index >= 15 is 0 Å². The second kappa shape index (κ2) is 9.50. The number of aromatic hydroxyl groups is 4. The van der Waals surface area contributed by atoms with E-state index in [-0.39, 0.29) is 23.0 Å². The normalized spacial score (nSPS) is 11.5. The highest BCUT2D eigenvalue weighted by Gasteiger charge is 2.15. The van der Waals surface area contributed by atoms with Gasteiger partial charge in [-0.2, -0.15) is 0 Å². The van der Waals surface area contributed by atoms with Gasteiger partial charge in [-0.15, -0.1) is 0 Å². The number of hydrogen-bond acceptors (Lipinski definition) is 6. The number of phenolic OH excluding ortho intramolecular Hbond substituents is 4. The highest BCUT2D eigenvalue weighted by molar-refractivity contribution is 5.94. The molecule has 0 aliphatic heterocycles. The summed E-state index contributed by atoms with van der Waals surface area (Å²) >= 11 is 0. The Hall–Kier alpha value is -4.58. The monoisotopic (exact) mass is 452 g/mol. The molecule has 4 rings (SSSR count). The summed E-state index contributed by atoms with van der Waals surface area (Å²) in [7, 11) is 0. The van der Waals surface area contributed by atoms with Crippen LogP contribution in [0.5, 0.6) is 23.0 Å². The van der Waals surface area contributed by atoms with Crippen LogP contribution < -0.4 is 0 Å². The molecule has 0 aliphatic carbocycles. The predicted molar refractivity (Wildman–Crippen MR) is 135 cm³/mol. The lowest BCUT2D eigenvalue weighted by Crippen LogP contribution is -1.91. The van der Waals surface area contributed by atoms with Gasteiger partial charge < -0.3 is 20.4 Å². The second-order valence-electron chi connectivity index (χ2n) is 7.88. The fourth-order valence-electron chi connectivity index (χ4n) is 3.75. The Kier molecular flexibility index (Phi) is 6.32. The standard InChI is InChI=1S/C28H24N2O4/c1-17-7-3-11-21(29-15-19-9-5-13-23(31)27(19)33)25(17)26-18(2)8-4-12-22(26)30-16-20-10-6-14-24(32)28(20)34/h3-16,31-34H,1-2H3. The maximum absolute atomic E-state index is 10.1. The predicted octanol–water partition coefficient (Wildman–Crippen LogP) is 6.29. The molecule has 0 saturated heterocycles. The topological polar surface area (TPSA) is 106 Å². The van der Waals surface area contributed by atoms with E-state index in [1.165, 1.54) is 24.6 Å². The van der Waals surface area contributed by atoms with Gasteiger partial charge in [0.2, 0.25) is 0 Å². The summed E-state index contributed by atoms with van der Waals surface area (Å²) in [5.74, 6) is -0.876. The van der Waals surface area contributed by atoms with Gasteiger partial charge in [0.15, 0.2) is 23.0 Å². The lowest BCUT2D eigenvalue weighted by atomic mass is 9.93. The van der Waals surface area contributed by atoms with Gasteiger partial charge in [-0.1, -0.05) is 36.4 Å². The van der Waals surface area contributed by atoms with Crippen molar-refractivity contribution in [2.75, 3.05) is 0 Å². The molecule has 6 nitrogen and oxygen atoms in total.